The summed E-state index contributed by atoms with van der Waals surface area (Å²) in [6, 6.07) is 8.53. The van der Waals surface area contributed by atoms with Crippen LogP contribution in [0, 0.1) is 6.42 Å². The van der Waals surface area contributed by atoms with E-state index < -0.39 is 0 Å². The smallest absolute Gasteiger partial charge is 0.424 e. The standard InChI is InChI=1S/C12H18N.Li/c1-4-11-9-7-8-10-12(11)13(5-2)6-3;/h4,7-10H,5-6H2,1-3H3;/q-1;+1. The van der Waals surface area contributed by atoms with Crippen molar-refractivity contribution < 1.29 is 18.9 Å². The van der Waals surface area contributed by atoms with Crippen molar-refractivity contribution >= 4 is 5.69 Å². The van der Waals surface area contributed by atoms with Gasteiger partial charge in [-0.15, -0.1) is 6.07 Å². The van der Waals surface area contributed by atoms with Crippen molar-refractivity contribution in [3.63, 3.8) is 0 Å². The molecule has 0 N–H and O–H groups in total. The first kappa shape index (κ1) is 13.5. The second-order valence-corrected chi connectivity index (χ2v) is 3.02. The van der Waals surface area contributed by atoms with E-state index in [4.69, 9.17) is 0 Å². The van der Waals surface area contributed by atoms with E-state index >= 15 is 0 Å². The Morgan fingerprint density at radius 2 is 1.71 bits per heavy atom. The number of hydrogen-bond acceptors (Lipinski definition) is 1. The summed E-state index contributed by atoms with van der Waals surface area (Å²) in [6.45, 7) is 8.61. The molecule has 72 valence electrons. The van der Waals surface area contributed by atoms with Crippen LogP contribution in [0.5, 0.6) is 0 Å². The second kappa shape index (κ2) is 6.87. The molecule has 2 heteroatoms. The van der Waals surface area contributed by atoms with Gasteiger partial charge in [-0.05, 0) is 13.8 Å². The first-order valence-corrected chi connectivity index (χ1v) is 4.96. The van der Waals surface area contributed by atoms with Gasteiger partial charge in [0.05, 0.1) is 0 Å². The Morgan fingerprint density at radius 1 is 1.14 bits per heavy atom. The zero-order valence-electron chi connectivity index (χ0n) is 9.75. The molecule has 0 amide bonds. The van der Waals surface area contributed by atoms with Gasteiger partial charge in [0.1, 0.15) is 0 Å². The predicted octanol–water partition coefficient (Wildman–Crippen LogP) is 0.109. The molecule has 0 aliphatic carbocycles. The summed E-state index contributed by atoms with van der Waals surface area (Å²) >= 11 is 0. The van der Waals surface area contributed by atoms with Crippen LogP contribution in [-0.2, 0) is 0 Å². The van der Waals surface area contributed by atoms with Gasteiger partial charge in [0, 0.05) is 13.1 Å². The van der Waals surface area contributed by atoms with Crippen LogP contribution in [0.4, 0.5) is 5.69 Å². The molecule has 0 saturated carbocycles. The minimum Gasteiger partial charge on any atom is -0.424 e. The molecule has 0 aliphatic rings. The predicted molar refractivity (Wildman–Crippen MR) is 59.1 cm³/mol. The normalized spacial score (nSPS) is 9.07. The van der Waals surface area contributed by atoms with E-state index in [1.54, 1.807) is 0 Å². The van der Waals surface area contributed by atoms with Crippen LogP contribution in [0.15, 0.2) is 24.3 Å². The average Bonchev–Trinajstić information content (AvgIpc) is 2.20. The fraction of sp³-hybridized carbons (Fsp3) is 0.417. The molecule has 0 bridgehead atoms. The van der Waals surface area contributed by atoms with Crippen LogP contribution < -0.4 is 23.8 Å². The fourth-order valence-corrected chi connectivity index (χ4v) is 1.58. The molecule has 0 unspecified atom stereocenters. The molecular formula is C12H18LiN. The first-order chi connectivity index (χ1) is 6.33. The maximum atomic E-state index is 2.37. The Labute approximate surface area is 99.7 Å². The molecule has 0 aliphatic heterocycles. The van der Waals surface area contributed by atoms with Crippen LogP contribution in [0.1, 0.15) is 26.3 Å². The molecule has 0 spiro atoms. The SMILES string of the molecule is C[CH-]c1ccccc1N(CC)CC.[Li+]. The fourth-order valence-electron chi connectivity index (χ4n) is 1.58. The van der Waals surface area contributed by atoms with Gasteiger partial charge in [0.2, 0.25) is 0 Å². The minimum atomic E-state index is 0. The Kier molecular flexibility index (Phi) is 6.62. The third-order valence-corrected chi connectivity index (χ3v) is 2.35. The van der Waals surface area contributed by atoms with Gasteiger partial charge in [0.15, 0.2) is 0 Å². The first-order valence-electron chi connectivity index (χ1n) is 4.96. The third kappa shape index (κ3) is 3.01. The number of nitrogens with zero attached hydrogens (tertiary/aromatic N) is 1. The quantitative estimate of drug-likeness (QED) is 0.473. The molecule has 1 nitrogen and oxygen atoms in total. The number of hydrogen-bond donors (Lipinski definition) is 0. The third-order valence-electron chi connectivity index (χ3n) is 2.35. The molecule has 14 heavy (non-hydrogen) atoms. The Hall–Kier alpha value is -0.513. The molecule has 0 radical (unpaired) electrons. The number of rotatable bonds is 4. The van der Waals surface area contributed by atoms with Crippen molar-refractivity contribution in [1.82, 2.24) is 0 Å². The zero-order chi connectivity index (χ0) is 9.68. The summed E-state index contributed by atoms with van der Waals surface area (Å²) in [5.74, 6) is 0. The van der Waals surface area contributed by atoms with Crippen molar-refractivity contribution in [2.45, 2.75) is 20.8 Å². The summed E-state index contributed by atoms with van der Waals surface area (Å²) in [4.78, 5) is 2.37. The zero-order valence-corrected chi connectivity index (χ0v) is 9.75. The minimum absolute atomic E-state index is 0. The van der Waals surface area contributed by atoms with Crippen LogP contribution in [0.3, 0.4) is 0 Å². The van der Waals surface area contributed by atoms with E-state index in [0.29, 0.717) is 0 Å². The monoisotopic (exact) mass is 183 g/mol. The van der Waals surface area contributed by atoms with Gasteiger partial charge in [-0.1, -0.05) is 24.7 Å². The van der Waals surface area contributed by atoms with E-state index in [9.17, 15) is 0 Å². The van der Waals surface area contributed by atoms with E-state index in [-0.39, 0.29) is 18.9 Å². The van der Waals surface area contributed by atoms with E-state index in [0.717, 1.165) is 13.1 Å². The topological polar surface area (TPSA) is 3.24 Å². The van der Waals surface area contributed by atoms with Crippen molar-refractivity contribution in [1.29, 1.82) is 0 Å². The van der Waals surface area contributed by atoms with Gasteiger partial charge in [-0.3, -0.25) is 0 Å². The summed E-state index contributed by atoms with van der Waals surface area (Å²) in [5, 5.41) is 0. The van der Waals surface area contributed by atoms with Gasteiger partial charge in [0.25, 0.3) is 0 Å². The van der Waals surface area contributed by atoms with Crippen molar-refractivity contribution in [3.05, 3.63) is 36.2 Å². The molecule has 1 aromatic carbocycles. The summed E-state index contributed by atoms with van der Waals surface area (Å²) in [6.07, 6.45) is 2.16. The van der Waals surface area contributed by atoms with Crippen LogP contribution >= 0.6 is 0 Å². The number of benzene rings is 1. The maximum absolute atomic E-state index is 2.37. The molecule has 1 aromatic rings. The molecule has 0 fully saturated rings. The van der Waals surface area contributed by atoms with Crippen molar-refractivity contribution in [2.75, 3.05) is 18.0 Å². The van der Waals surface area contributed by atoms with Gasteiger partial charge in [-0.2, -0.15) is 18.1 Å². The van der Waals surface area contributed by atoms with Crippen LogP contribution in [0.25, 0.3) is 0 Å². The number of anilines is 1. The van der Waals surface area contributed by atoms with Gasteiger partial charge >= 0.3 is 18.9 Å². The molecule has 0 saturated heterocycles. The summed E-state index contributed by atoms with van der Waals surface area (Å²) in [7, 11) is 0. The Bertz CT molecular complexity index is 256. The summed E-state index contributed by atoms with van der Waals surface area (Å²) < 4.78 is 0. The molecular weight excluding hydrogens is 165 g/mol. The Morgan fingerprint density at radius 3 is 2.21 bits per heavy atom. The van der Waals surface area contributed by atoms with E-state index in [2.05, 4.69) is 56.4 Å². The Balaban J connectivity index is 0.00000169. The van der Waals surface area contributed by atoms with E-state index in [1.807, 2.05) is 0 Å². The second-order valence-electron chi connectivity index (χ2n) is 3.02. The molecule has 0 heterocycles. The molecule has 1 rings (SSSR count). The average molecular weight is 183 g/mol. The maximum Gasteiger partial charge on any atom is 1.00 e. The van der Waals surface area contributed by atoms with Crippen molar-refractivity contribution in [2.24, 2.45) is 0 Å². The van der Waals surface area contributed by atoms with Crippen molar-refractivity contribution in [3.8, 4) is 0 Å². The summed E-state index contributed by atoms with van der Waals surface area (Å²) in [5.41, 5.74) is 2.67. The number of para-hydroxylation sites is 1. The molecule has 0 atom stereocenters. The van der Waals surface area contributed by atoms with Gasteiger partial charge in [-0.25, -0.2) is 0 Å². The van der Waals surface area contributed by atoms with Crippen LogP contribution in [-0.4, -0.2) is 13.1 Å². The largest absolute Gasteiger partial charge is 1.00 e. The van der Waals surface area contributed by atoms with Gasteiger partial charge < -0.3 is 4.90 Å². The van der Waals surface area contributed by atoms with Crippen LogP contribution in [0.2, 0.25) is 0 Å². The molecule has 0 aromatic heterocycles. The van der Waals surface area contributed by atoms with E-state index in [1.165, 1.54) is 11.3 Å².